The van der Waals surface area contributed by atoms with Gasteiger partial charge < -0.3 is 10.1 Å². The van der Waals surface area contributed by atoms with Gasteiger partial charge in [-0.05, 0) is 37.1 Å². The summed E-state index contributed by atoms with van der Waals surface area (Å²) in [6.45, 7) is 0. The number of ether oxygens (including phenoxy) is 1. The van der Waals surface area contributed by atoms with E-state index in [2.05, 4.69) is 15.5 Å². The first-order chi connectivity index (χ1) is 13.1. The summed E-state index contributed by atoms with van der Waals surface area (Å²) in [5, 5.41) is 10.1. The first-order valence-electron chi connectivity index (χ1n) is 8.56. The first-order valence-corrected chi connectivity index (χ1v) is 8.56. The second-order valence-corrected chi connectivity index (χ2v) is 6.45. The van der Waals surface area contributed by atoms with Gasteiger partial charge in [-0.25, -0.2) is 8.78 Å². The molecule has 2 aromatic carbocycles. The van der Waals surface area contributed by atoms with Gasteiger partial charge >= 0.3 is 0 Å². The van der Waals surface area contributed by atoms with Crippen molar-refractivity contribution >= 4 is 11.6 Å². The van der Waals surface area contributed by atoms with Gasteiger partial charge in [0, 0.05) is 23.1 Å². The molecule has 1 fully saturated rings. The van der Waals surface area contributed by atoms with Crippen LogP contribution in [0.2, 0.25) is 0 Å². The summed E-state index contributed by atoms with van der Waals surface area (Å²) in [5.41, 5.74) is 2.46. The monoisotopic (exact) mass is 369 g/mol. The van der Waals surface area contributed by atoms with E-state index in [-0.39, 0.29) is 11.5 Å². The molecule has 0 saturated heterocycles. The molecule has 1 heterocycles. The summed E-state index contributed by atoms with van der Waals surface area (Å²) < 4.78 is 32.3. The SMILES string of the molecule is COc1ccccc1-c1n[nH]c(C2CC2)c1NC(=O)c1cc(F)cc(F)c1. The van der Waals surface area contributed by atoms with Crippen molar-refractivity contribution < 1.29 is 18.3 Å². The molecule has 5 nitrogen and oxygen atoms in total. The Labute approximate surface area is 154 Å². The van der Waals surface area contributed by atoms with Crippen LogP contribution in [0.25, 0.3) is 11.3 Å². The number of anilines is 1. The molecule has 0 unspecified atom stereocenters. The van der Waals surface area contributed by atoms with E-state index < -0.39 is 17.5 Å². The molecule has 1 saturated carbocycles. The van der Waals surface area contributed by atoms with Crippen molar-refractivity contribution in [1.82, 2.24) is 10.2 Å². The van der Waals surface area contributed by atoms with Crippen molar-refractivity contribution in [3.63, 3.8) is 0 Å². The highest BCUT2D eigenvalue weighted by Crippen LogP contribution is 2.46. The fraction of sp³-hybridized carbons (Fsp3) is 0.200. The number of methoxy groups -OCH3 is 1. The van der Waals surface area contributed by atoms with Gasteiger partial charge in [0.2, 0.25) is 0 Å². The van der Waals surface area contributed by atoms with E-state index in [1.54, 1.807) is 13.2 Å². The van der Waals surface area contributed by atoms with Crippen LogP contribution in [0.4, 0.5) is 14.5 Å². The van der Waals surface area contributed by atoms with E-state index in [4.69, 9.17) is 4.74 Å². The zero-order valence-electron chi connectivity index (χ0n) is 14.6. The number of benzene rings is 2. The maximum atomic E-state index is 13.5. The lowest BCUT2D eigenvalue weighted by Gasteiger charge is -2.11. The molecular formula is C20H17F2N3O2. The van der Waals surface area contributed by atoms with Gasteiger partial charge in [0.1, 0.15) is 23.1 Å². The second kappa shape index (κ2) is 6.83. The lowest BCUT2D eigenvalue weighted by atomic mass is 10.1. The topological polar surface area (TPSA) is 67.0 Å². The Hall–Kier alpha value is -3.22. The Kier molecular flexibility index (Phi) is 4.35. The number of hydrogen-bond acceptors (Lipinski definition) is 3. The van der Waals surface area contributed by atoms with E-state index in [9.17, 15) is 13.6 Å². The molecule has 0 radical (unpaired) electrons. The zero-order chi connectivity index (χ0) is 19.0. The highest BCUT2D eigenvalue weighted by molar-refractivity contribution is 6.06. The van der Waals surface area contributed by atoms with Gasteiger partial charge in [0.25, 0.3) is 5.91 Å². The summed E-state index contributed by atoms with van der Waals surface area (Å²) in [5.74, 6) is -1.33. The molecule has 3 aromatic rings. The highest BCUT2D eigenvalue weighted by atomic mass is 19.1. The first kappa shape index (κ1) is 17.2. The largest absolute Gasteiger partial charge is 0.496 e. The molecule has 0 atom stereocenters. The van der Waals surface area contributed by atoms with Crippen LogP contribution in [0, 0.1) is 11.6 Å². The molecule has 0 spiro atoms. The van der Waals surface area contributed by atoms with E-state index >= 15 is 0 Å². The molecule has 2 N–H and O–H groups in total. The number of carbonyl (C=O) groups is 1. The predicted octanol–water partition coefficient (Wildman–Crippen LogP) is 4.49. The molecule has 1 aliphatic carbocycles. The summed E-state index contributed by atoms with van der Waals surface area (Å²) in [7, 11) is 1.56. The van der Waals surface area contributed by atoms with Crippen LogP contribution in [0.5, 0.6) is 5.75 Å². The van der Waals surface area contributed by atoms with E-state index in [1.165, 1.54) is 0 Å². The van der Waals surface area contributed by atoms with Gasteiger partial charge in [0.05, 0.1) is 18.5 Å². The molecule has 1 aromatic heterocycles. The molecule has 1 aliphatic rings. The van der Waals surface area contributed by atoms with Gasteiger partial charge in [-0.15, -0.1) is 0 Å². The number of para-hydroxylation sites is 1. The van der Waals surface area contributed by atoms with E-state index in [0.29, 0.717) is 22.7 Å². The van der Waals surface area contributed by atoms with Crippen LogP contribution in [-0.2, 0) is 0 Å². The highest BCUT2D eigenvalue weighted by Gasteiger charge is 2.31. The Morgan fingerprint density at radius 3 is 2.56 bits per heavy atom. The van der Waals surface area contributed by atoms with Gasteiger partial charge in [-0.2, -0.15) is 5.10 Å². The minimum Gasteiger partial charge on any atom is -0.496 e. The molecule has 7 heteroatoms. The van der Waals surface area contributed by atoms with Crippen LogP contribution in [0.15, 0.2) is 42.5 Å². The number of rotatable bonds is 5. The summed E-state index contributed by atoms with van der Waals surface area (Å²) in [6, 6.07) is 10.0. The molecule has 27 heavy (non-hydrogen) atoms. The molecule has 4 rings (SSSR count). The van der Waals surface area contributed by atoms with Gasteiger partial charge in [-0.1, -0.05) is 12.1 Å². The third kappa shape index (κ3) is 3.40. The number of halogens is 2. The molecule has 0 bridgehead atoms. The fourth-order valence-electron chi connectivity index (χ4n) is 3.06. The van der Waals surface area contributed by atoms with Crippen LogP contribution >= 0.6 is 0 Å². The zero-order valence-corrected chi connectivity index (χ0v) is 14.6. The van der Waals surface area contributed by atoms with Crippen LogP contribution in [0.3, 0.4) is 0 Å². The van der Waals surface area contributed by atoms with Crippen molar-refractivity contribution in [2.24, 2.45) is 0 Å². The third-order valence-corrected chi connectivity index (χ3v) is 4.51. The number of hydrogen-bond donors (Lipinski definition) is 2. The number of aromatic amines is 1. The number of carbonyl (C=O) groups excluding carboxylic acids is 1. The normalized spacial score (nSPS) is 13.4. The van der Waals surface area contributed by atoms with Gasteiger partial charge in [-0.3, -0.25) is 9.89 Å². The number of amides is 1. The van der Waals surface area contributed by atoms with Gasteiger partial charge in [0.15, 0.2) is 0 Å². The minimum atomic E-state index is -0.806. The second-order valence-electron chi connectivity index (χ2n) is 6.45. The van der Waals surface area contributed by atoms with Crippen LogP contribution in [-0.4, -0.2) is 23.2 Å². The average molecular weight is 369 g/mol. The number of nitrogens with zero attached hydrogens (tertiary/aromatic N) is 1. The summed E-state index contributed by atoms with van der Waals surface area (Å²) in [6.07, 6.45) is 1.98. The fourth-order valence-corrected chi connectivity index (χ4v) is 3.06. The maximum absolute atomic E-state index is 13.5. The third-order valence-electron chi connectivity index (χ3n) is 4.51. The smallest absolute Gasteiger partial charge is 0.255 e. The lowest BCUT2D eigenvalue weighted by molar-refractivity contribution is 0.102. The number of nitrogens with one attached hydrogen (secondary N) is 2. The molecule has 1 amide bonds. The number of H-pyrrole nitrogens is 1. The lowest BCUT2D eigenvalue weighted by Crippen LogP contribution is -2.14. The maximum Gasteiger partial charge on any atom is 0.255 e. The Morgan fingerprint density at radius 1 is 1.19 bits per heavy atom. The summed E-state index contributed by atoms with van der Waals surface area (Å²) >= 11 is 0. The van der Waals surface area contributed by atoms with Crippen molar-refractivity contribution in [2.75, 3.05) is 12.4 Å². The number of aromatic nitrogens is 2. The van der Waals surface area contributed by atoms with Crippen LogP contribution in [0.1, 0.15) is 34.8 Å². The average Bonchev–Trinajstić information content (AvgIpc) is 3.42. The molecule has 0 aliphatic heterocycles. The summed E-state index contributed by atoms with van der Waals surface area (Å²) in [4.78, 5) is 12.6. The molecule has 138 valence electrons. The van der Waals surface area contributed by atoms with E-state index in [0.717, 1.165) is 36.7 Å². The van der Waals surface area contributed by atoms with Crippen molar-refractivity contribution in [3.8, 4) is 17.0 Å². The van der Waals surface area contributed by atoms with Crippen molar-refractivity contribution in [3.05, 3.63) is 65.4 Å². The Morgan fingerprint density at radius 2 is 1.89 bits per heavy atom. The van der Waals surface area contributed by atoms with Crippen LogP contribution < -0.4 is 10.1 Å². The van der Waals surface area contributed by atoms with Crippen molar-refractivity contribution in [1.29, 1.82) is 0 Å². The van der Waals surface area contributed by atoms with Crippen molar-refractivity contribution in [2.45, 2.75) is 18.8 Å². The Balaban J connectivity index is 1.75. The Bertz CT molecular complexity index is 992. The molecular weight excluding hydrogens is 352 g/mol. The minimum absolute atomic E-state index is 0.0959. The quantitative estimate of drug-likeness (QED) is 0.696. The van der Waals surface area contributed by atoms with E-state index in [1.807, 2.05) is 18.2 Å². The predicted molar refractivity (Wildman–Crippen MR) is 96.9 cm³/mol. The standard InChI is InChI=1S/C20H17F2N3O2/c1-27-16-5-3-2-4-15(16)18-19(17(24-25-18)11-6-7-11)23-20(26)12-8-13(21)10-14(22)9-12/h2-5,8-11H,6-7H2,1H3,(H,23,26)(H,24,25).